The van der Waals surface area contributed by atoms with Gasteiger partial charge in [-0.3, -0.25) is 14.8 Å². The molecule has 1 aliphatic heterocycles. The van der Waals surface area contributed by atoms with E-state index >= 15 is 0 Å². The van der Waals surface area contributed by atoms with Crippen LogP contribution in [0.5, 0.6) is 0 Å². The van der Waals surface area contributed by atoms with Gasteiger partial charge in [0.2, 0.25) is 10.0 Å². The van der Waals surface area contributed by atoms with Crippen molar-refractivity contribution in [3.8, 4) is 0 Å². The number of nitro groups is 1. The van der Waals surface area contributed by atoms with E-state index in [9.17, 15) is 18.5 Å². The van der Waals surface area contributed by atoms with Crippen LogP contribution in [0.4, 0.5) is 11.4 Å². The van der Waals surface area contributed by atoms with Crippen molar-refractivity contribution in [2.24, 2.45) is 0 Å². The molecule has 0 aromatic heterocycles. The summed E-state index contributed by atoms with van der Waals surface area (Å²) in [4.78, 5) is 10.1. The van der Waals surface area contributed by atoms with Gasteiger partial charge in [0.1, 0.15) is 5.02 Å². The molecule has 7 nitrogen and oxygen atoms in total. The molecule has 1 aliphatic rings. The Morgan fingerprint density at radius 1 is 1.35 bits per heavy atom. The highest BCUT2D eigenvalue weighted by atomic mass is 35.5. The highest BCUT2D eigenvalue weighted by Crippen LogP contribution is 2.28. The van der Waals surface area contributed by atoms with Gasteiger partial charge in [0.15, 0.2) is 0 Å². The van der Waals surface area contributed by atoms with Crippen molar-refractivity contribution in [2.75, 3.05) is 17.8 Å². The number of hydrogen-bond acceptors (Lipinski definition) is 5. The number of piperidine rings is 1. The highest BCUT2D eigenvalue weighted by Gasteiger charge is 2.27. The normalized spacial score (nSPS) is 16.9. The van der Waals surface area contributed by atoms with Crippen molar-refractivity contribution in [2.45, 2.75) is 18.1 Å². The van der Waals surface area contributed by atoms with E-state index in [-0.39, 0.29) is 16.4 Å². The molecule has 20 heavy (non-hydrogen) atoms. The number of nitro benzene ring substituents is 1. The van der Waals surface area contributed by atoms with Gasteiger partial charge in [0, 0.05) is 6.07 Å². The van der Waals surface area contributed by atoms with Crippen molar-refractivity contribution in [1.82, 2.24) is 5.32 Å². The molecule has 0 bridgehead atoms. The number of nitrogens with zero attached hydrogens (tertiary/aromatic N) is 1. The van der Waals surface area contributed by atoms with Crippen molar-refractivity contribution < 1.29 is 13.3 Å². The van der Waals surface area contributed by atoms with Crippen molar-refractivity contribution in [3.05, 3.63) is 33.3 Å². The Hall–Kier alpha value is -1.38. The van der Waals surface area contributed by atoms with Crippen LogP contribution in [-0.4, -0.2) is 31.7 Å². The third-order valence-corrected chi connectivity index (χ3v) is 5.32. The van der Waals surface area contributed by atoms with Gasteiger partial charge in [0.05, 0.1) is 15.9 Å². The van der Waals surface area contributed by atoms with Gasteiger partial charge < -0.3 is 5.32 Å². The fourth-order valence-electron chi connectivity index (χ4n) is 2.07. The van der Waals surface area contributed by atoms with Crippen LogP contribution in [0, 0.1) is 10.1 Å². The molecule has 1 aromatic rings. The van der Waals surface area contributed by atoms with Gasteiger partial charge >= 0.3 is 0 Å². The van der Waals surface area contributed by atoms with Crippen LogP contribution in [0.1, 0.15) is 12.8 Å². The van der Waals surface area contributed by atoms with Gasteiger partial charge in [-0.1, -0.05) is 11.6 Å². The lowest BCUT2D eigenvalue weighted by Crippen LogP contribution is -2.38. The molecule has 9 heteroatoms. The SMILES string of the molecule is O=[N+]([O-])c1cc(NS(=O)(=O)C2CCNCC2)ccc1Cl. The molecule has 2 N–H and O–H groups in total. The minimum Gasteiger partial charge on any atom is -0.317 e. The third-order valence-electron chi connectivity index (χ3n) is 3.13. The molecule has 0 unspecified atom stereocenters. The van der Waals surface area contributed by atoms with Crippen LogP contribution in [0.3, 0.4) is 0 Å². The van der Waals surface area contributed by atoms with E-state index in [1.54, 1.807) is 0 Å². The summed E-state index contributed by atoms with van der Waals surface area (Å²) in [7, 11) is -3.55. The fraction of sp³-hybridized carbons (Fsp3) is 0.455. The van der Waals surface area contributed by atoms with Crippen LogP contribution in [0.25, 0.3) is 0 Å². The zero-order valence-corrected chi connectivity index (χ0v) is 12.1. The Bertz CT molecular complexity index is 614. The van der Waals surface area contributed by atoms with Crippen molar-refractivity contribution in [3.63, 3.8) is 0 Å². The van der Waals surface area contributed by atoms with Gasteiger partial charge in [-0.05, 0) is 38.1 Å². The van der Waals surface area contributed by atoms with Gasteiger partial charge in [-0.2, -0.15) is 0 Å². The second-order valence-corrected chi connectivity index (χ2v) is 6.89. The number of rotatable bonds is 4. The Morgan fingerprint density at radius 2 is 2.00 bits per heavy atom. The smallest absolute Gasteiger partial charge is 0.289 e. The number of hydrogen-bond donors (Lipinski definition) is 2. The molecule has 0 spiro atoms. The topological polar surface area (TPSA) is 101 Å². The standard InChI is InChI=1S/C11H14ClN3O4S/c12-10-2-1-8(7-11(10)15(16)17)14-20(18,19)9-3-5-13-6-4-9/h1-2,7,9,13-14H,3-6H2. The molecule has 110 valence electrons. The summed E-state index contributed by atoms with van der Waals surface area (Å²) in [6.07, 6.45) is 1.04. The fourth-order valence-corrected chi connectivity index (χ4v) is 3.73. The lowest BCUT2D eigenvalue weighted by atomic mass is 10.2. The summed E-state index contributed by atoms with van der Waals surface area (Å²) >= 11 is 5.68. The molecular formula is C11H14ClN3O4S. The Balaban J connectivity index is 2.20. The Labute approximate surface area is 121 Å². The molecule has 0 saturated carbocycles. The second-order valence-electron chi connectivity index (χ2n) is 4.52. The first kappa shape index (κ1) is 15.0. The van der Waals surface area contributed by atoms with E-state index in [0.29, 0.717) is 25.9 Å². The lowest BCUT2D eigenvalue weighted by molar-refractivity contribution is -0.384. The summed E-state index contributed by atoms with van der Waals surface area (Å²) in [5.74, 6) is 0. The largest absolute Gasteiger partial charge is 0.317 e. The van der Waals surface area contributed by atoms with E-state index < -0.39 is 20.2 Å². The van der Waals surface area contributed by atoms with Crippen LogP contribution in [0.15, 0.2) is 18.2 Å². The molecule has 0 atom stereocenters. The maximum Gasteiger partial charge on any atom is 0.289 e. The molecule has 0 aliphatic carbocycles. The molecule has 0 radical (unpaired) electrons. The zero-order chi connectivity index (χ0) is 14.8. The highest BCUT2D eigenvalue weighted by molar-refractivity contribution is 7.93. The number of benzene rings is 1. The first-order chi connectivity index (χ1) is 9.40. The first-order valence-corrected chi connectivity index (χ1v) is 7.99. The quantitative estimate of drug-likeness (QED) is 0.650. The number of sulfonamides is 1. The minimum absolute atomic E-state index is 0.0279. The van der Waals surface area contributed by atoms with Crippen molar-refractivity contribution in [1.29, 1.82) is 0 Å². The third kappa shape index (κ3) is 3.38. The maximum atomic E-state index is 12.2. The second kappa shape index (κ2) is 5.94. The molecular weight excluding hydrogens is 306 g/mol. The monoisotopic (exact) mass is 319 g/mol. The first-order valence-electron chi connectivity index (χ1n) is 6.06. The van der Waals surface area contributed by atoms with E-state index in [1.165, 1.54) is 12.1 Å². The predicted octanol–water partition coefficient (Wildman–Crippen LogP) is 1.74. The number of halogens is 1. The maximum absolute atomic E-state index is 12.2. The molecule has 1 aromatic carbocycles. The van der Waals surface area contributed by atoms with Crippen molar-refractivity contribution >= 4 is 33.0 Å². The molecule has 1 saturated heterocycles. The van der Waals surface area contributed by atoms with Crippen LogP contribution >= 0.6 is 11.6 Å². The Morgan fingerprint density at radius 3 is 2.60 bits per heavy atom. The summed E-state index contributed by atoms with van der Waals surface area (Å²) in [5, 5.41) is 13.3. The van der Waals surface area contributed by atoms with E-state index in [4.69, 9.17) is 11.6 Å². The van der Waals surface area contributed by atoms with Crippen LogP contribution in [-0.2, 0) is 10.0 Å². The lowest BCUT2D eigenvalue weighted by Gasteiger charge is -2.23. The average Bonchev–Trinajstić information content (AvgIpc) is 2.41. The summed E-state index contributed by atoms with van der Waals surface area (Å²) < 4.78 is 26.8. The number of nitrogens with one attached hydrogen (secondary N) is 2. The Kier molecular flexibility index (Phi) is 4.46. The molecule has 2 rings (SSSR count). The summed E-state index contributed by atoms with van der Waals surface area (Å²) in [5.41, 5.74) is -0.170. The molecule has 0 amide bonds. The van der Waals surface area contributed by atoms with E-state index in [0.717, 1.165) is 6.07 Å². The summed E-state index contributed by atoms with van der Waals surface area (Å²) in [6, 6.07) is 3.84. The minimum atomic E-state index is -3.55. The van der Waals surface area contributed by atoms with Gasteiger partial charge in [-0.25, -0.2) is 8.42 Å². The van der Waals surface area contributed by atoms with Crippen LogP contribution < -0.4 is 10.0 Å². The average molecular weight is 320 g/mol. The van der Waals surface area contributed by atoms with E-state index in [1.807, 2.05) is 0 Å². The molecule has 1 heterocycles. The molecule has 1 fully saturated rings. The van der Waals surface area contributed by atoms with E-state index in [2.05, 4.69) is 10.0 Å². The van der Waals surface area contributed by atoms with Gasteiger partial charge in [-0.15, -0.1) is 0 Å². The zero-order valence-electron chi connectivity index (χ0n) is 10.5. The summed E-state index contributed by atoms with van der Waals surface area (Å²) in [6.45, 7) is 1.29. The number of anilines is 1. The van der Waals surface area contributed by atoms with Crippen LogP contribution in [0.2, 0.25) is 5.02 Å². The predicted molar refractivity (Wildman–Crippen MR) is 76.5 cm³/mol. The van der Waals surface area contributed by atoms with Gasteiger partial charge in [0.25, 0.3) is 5.69 Å².